The molecule has 8 nitrogen and oxygen atoms in total. The molecular formula is C17H20N4O4. The topological polar surface area (TPSA) is 117 Å². The van der Waals surface area contributed by atoms with Crippen molar-refractivity contribution in [3.05, 3.63) is 64.2 Å². The molecule has 4 N–H and O–H groups in total. The van der Waals surface area contributed by atoms with Gasteiger partial charge in [-0.05, 0) is 11.6 Å². The molecule has 25 heavy (non-hydrogen) atoms. The van der Waals surface area contributed by atoms with Crippen molar-refractivity contribution < 1.29 is 14.8 Å². The highest BCUT2D eigenvalue weighted by atomic mass is 16.6. The zero-order chi connectivity index (χ0) is 18.1. The number of nitro groups is 1. The van der Waals surface area contributed by atoms with E-state index < -0.39 is 4.92 Å². The number of nitrogens with one attached hydrogen (secondary N) is 3. The van der Waals surface area contributed by atoms with E-state index in [0.29, 0.717) is 24.5 Å². The lowest BCUT2D eigenvalue weighted by Gasteiger charge is -2.13. The highest BCUT2D eigenvalue weighted by Crippen LogP contribution is 2.26. The molecule has 0 saturated heterocycles. The van der Waals surface area contributed by atoms with Crippen molar-refractivity contribution >= 4 is 23.0 Å². The fourth-order valence-electron chi connectivity index (χ4n) is 2.17. The molecule has 0 fully saturated rings. The summed E-state index contributed by atoms with van der Waals surface area (Å²) in [5, 5.41) is 28.4. The van der Waals surface area contributed by atoms with Crippen LogP contribution in [0.5, 0.6) is 0 Å². The Morgan fingerprint density at radius 3 is 2.52 bits per heavy atom. The zero-order valence-corrected chi connectivity index (χ0v) is 13.6. The predicted octanol–water partition coefficient (Wildman–Crippen LogP) is 1.73. The Morgan fingerprint density at radius 2 is 1.84 bits per heavy atom. The van der Waals surface area contributed by atoms with E-state index in [0.717, 1.165) is 5.56 Å². The maximum Gasteiger partial charge on any atom is 0.271 e. The van der Waals surface area contributed by atoms with Gasteiger partial charge in [0.1, 0.15) is 0 Å². The minimum Gasteiger partial charge on any atom is -0.395 e. The maximum atomic E-state index is 12.0. The number of amides is 1. The van der Waals surface area contributed by atoms with E-state index in [-0.39, 0.29) is 24.7 Å². The SMILES string of the molecule is O=C(CNc1cc([N+](=O)[O-])ccc1NCCO)NCc1ccccc1. The van der Waals surface area contributed by atoms with E-state index in [2.05, 4.69) is 16.0 Å². The molecule has 2 aromatic rings. The second-order valence-corrected chi connectivity index (χ2v) is 5.25. The first-order chi connectivity index (χ1) is 12.1. The first-order valence-electron chi connectivity index (χ1n) is 7.78. The largest absolute Gasteiger partial charge is 0.395 e. The molecule has 0 radical (unpaired) electrons. The maximum absolute atomic E-state index is 12.0. The lowest BCUT2D eigenvalue weighted by molar-refractivity contribution is -0.384. The number of hydrogen-bond donors (Lipinski definition) is 4. The summed E-state index contributed by atoms with van der Waals surface area (Å²) in [6, 6.07) is 13.7. The van der Waals surface area contributed by atoms with Crippen LogP contribution >= 0.6 is 0 Å². The Kier molecular flexibility index (Phi) is 6.73. The molecule has 0 aliphatic carbocycles. The van der Waals surface area contributed by atoms with E-state index >= 15 is 0 Å². The minimum atomic E-state index is -0.503. The molecule has 0 heterocycles. The van der Waals surface area contributed by atoms with E-state index in [1.165, 1.54) is 18.2 Å². The summed E-state index contributed by atoms with van der Waals surface area (Å²) < 4.78 is 0. The van der Waals surface area contributed by atoms with Crippen molar-refractivity contribution in [1.82, 2.24) is 5.32 Å². The van der Waals surface area contributed by atoms with Crippen LogP contribution in [0.15, 0.2) is 48.5 Å². The molecular weight excluding hydrogens is 324 g/mol. The number of benzene rings is 2. The lowest BCUT2D eigenvalue weighted by Crippen LogP contribution is -2.29. The van der Waals surface area contributed by atoms with Crippen molar-refractivity contribution in [2.75, 3.05) is 30.3 Å². The highest BCUT2D eigenvalue weighted by Gasteiger charge is 2.11. The van der Waals surface area contributed by atoms with Gasteiger partial charge in [0, 0.05) is 25.2 Å². The number of aliphatic hydroxyl groups excluding tert-OH is 1. The summed E-state index contributed by atoms with van der Waals surface area (Å²) in [6.45, 7) is 0.606. The van der Waals surface area contributed by atoms with Gasteiger partial charge in [0.15, 0.2) is 0 Å². The third-order valence-electron chi connectivity index (χ3n) is 3.41. The van der Waals surface area contributed by atoms with Crippen molar-refractivity contribution in [1.29, 1.82) is 0 Å². The highest BCUT2D eigenvalue weighted by molar-refractivity contribution is 5.83. The van der Waals surface area contributed by atoms with E-state index in [1.807, 2.05) is 30.3 Å². The Bertz CT molecular complexity index is 722. The normalized spacial score (nSPS) is 10.1. The fourth-order valence-corrected chi connectivity index (χ4v) is 2.17. The number of carbonyl (C=O) groups is 1. The van der Waals surface area contributed by atoms with Crippen LogP contribution in [-0.2, 0) is 11.3 Å². The van der Waals surface area contributed by atoms with Crippen molar-refractivity contribution in [2.24, 2.45) is 0 Å². The quantitative estimate of drug-likeness (QED) is 0.407. The zero-order valence-electron chi connectivity index (χ0n) is 13.6. The van der Waals surface area contributed by atoms with E-state index in [1.54, 1.807) is 0 Å². The smallest absolute Gasteiger partial charge is 0.271 e. The number of nitrogens with zero attached hydrogens (tertiary/aromatic N) is 1. The van der Waals surface area contributed by atoms with Crippen molar-refractivity contribution in [3.63, 3.8) is 0 Å². The third-order valence-corrected chi connectivity index (χ3v) is 3.41. The lowest BCUT2D eigenvalue weighted by atomic mass is 10.2. The molecule has 0 aliphatic heterocycles. The van der Waals surface area contributed by atoms with Crippen LogP contribution in [0.3, 0.4) is 0 Å². The molecule has 8 heteroatoms. The molecule has 2 aromatic carbocycles. The fraction of sp³-hybridized carbons (Fsp3) is 0.235. The van der Waals surface area contributed by atoms with Crippen LogP contribution in [0, 0.1) is 10.1 Å². The van der Waals surface area contributed by atoms with E-state index in [4.69, 9.17) is 5.11 Å². The molecule has 0 atom stereocenters. The number of aliphatic hydroxyl groups is 1. The molecule has 0 aromatic heterocycles. The summed E-state index contributed by atoms with van der Waals surface area (Å²) in [7, 11) is 0. The second kappa shape index (κ2) is 9.24. The van der Waals surface area contributed by atoms with Crippen LogP contribution in [0.2, 0.25) is 0 Å². The molecule has 2 rings (SSSR count). The summed E-state index contributed by atoms with van der Waals surface area (Å²) in [5.74, 6) is -0.233. The number of rotatable bonds is 9. The standard InChI is InChI=1S/C17H20N4O4/c22-9-8-18-15-7-6-14(21(24)25)10-16(15)19-12-17(23)20-11-13-4-2-1-3-5-13/h1-7,10,18-19,22H,8-9,11-12H2,(H,20,23). The Hall–Kier alpha value is -3.13. The van der Waals surface area contributed by atoms with Gasteiger partial charge in [0.05, 0.1) is 29.4 Å². The molecule has 0 spiro atoms. The van der Waals surface area contributed by atoms with Gasteiger partial charge in [-0.2, -0.15) is 0 Å². The first kappa shape index (κ1) is 18.2. The number of hydrogen-bond acceptors (Lipinski definition) is 6. The molecule has 1 amide bonds. The van der Waals surface area contributed by atoms with Crippen LogP contribution in [0.4, 0.5) is 17.1 Å². The molecule has 132 valence electrons. The van der Waals surface area contributed by atoms with Crippen LogP contribution < -0.4 is 16.0 Å². The monoisotopic (exact) mass is 344 g/mol. The average Bonchev–Trinajstić information content (AvgIpc) is 2.64. The van der Waals surface area contributed by atoms with Gasteiger partial charge >= 0.3 is 0 Å². The van der Waals surface area contributed by atoms with Gasteiger partial charge in [-0.15, -0.1) is 0 Å². The number of nitro benzene ring substituents is 1. The number of non-ortho nitro benzene ring substituents is 1. The van der Waals surface area contributed by atoms with Gasteiger partial charge in [0.25, 0.3) is 5.69 Å². The van der Waals surface area contributed by atoms with E-state index in [9.17, 15) is 14.9 Å². The summed E-state index contributed by atoms with van der Waals surface area (Å²) in [5.41, 5.74) is 1.91. The third kappa shape index (κ3) is 5.78. The average molecular weight is 344 g/mol. The summed E-state index contributed by atoms with van der Waals surface area (Å²) >= 11 is 0. The Balaban J connectivity index is 1.96. The molecule has 0 aliphatic rings. The van der Waals surface area contributed by atoms with Crippen LogP contribution in [0.25, 0.3) is 0 Å². The van der Waals surface area contributed by atoms with Crippen molar-refractivity contribution in [2.45, 2.75) is 6.54 Å². The van der Waals surface area contributed by atoms with Gasteiger partial charge in [-0.3, -0.25) is 14.9 Å². The van der Waals surface area contributed by atoms with Gasteiger partial charge in [0.2, 0.25) is 5.91 Å². The predicted molar refractivity (Wildman–Crippen MR) is 95.5 cm³/mol. The first-order valence-corrected chi connectivity index (χ1v) is 7.78. The van der Waals surface area contributed by atoms with Crippen LogP contribution in [0.1, 0.15) is 5.56 Å². The van der Waals surface area contributed by atoms with Gasteiger partial charge < -0.3 is 21.1 Å². The summed E-state index contributed by atoms with van der Waals surface area (Å²) in [4.78, 5) is 22.4. The molecule has 0 unspecified atom stereocenters. The van der Waals surface area contributed by atoms with Crippen molar-refractivity contribution in [3.8, 4) is 0 Å². The minimum absolute atomic E-state index is 0.0260. The van der Waals surface area contributed by atoms with Gasteiger partial charge in [-0.1, -0.05) is 30.3 Å². The van der Waals surface area contributed by atoms with Crippen LogP contribution in [-0.4, -0.2) is 35.6 Å². The Labute approximate surface area is 145 Å². The summed E-state index contributed by atoms with van der Waals surface area (Å²) in [6.07, 6.45) is 0. The second-order valence-electron chi connectivity index (χ2n) is 5.25. The number of anilines is 2. The Morgan fingerprint density at radius 1 is 1.08 bits per heavy atom. The number of carbonyl (C=O) groups excluding carboxylic acids is 1. The molecule has 0 saturated carbocycles. The molecule has 0 bridgehead atoms. The van der Waals surface area contributed by atoms with Gasteiger partial charge in [-0.25, -0.2) is 0 Å².